The molecule has 2 aromatic heterocycles. The number of piperidine rings is 1. The summed E-state index contributed by atoms with van der Waals surface area (Å²) in [7, 11) is 0. The maximum Gasteiger partial charge on any atom is 0.256 e. The van der Waals surface area contributed by atoms with Gasteiger partial charge in [0.15, 0.2) is 0 Å². The van der Waals surface area contributed by atoms with E-state index in [0.29, 0.717) is 18.0 Å². The number of hydrogen-bond acceptors (Lipinski definition) is 3. The van der Waals surface area contributed by atoms with Crippen LogP contribution in [0.3, 0.4) is 0 Å². The van der Waals surface area contributed by atoms with E-state index in [2.05, 4.69) is 16.9 Å². The topological polar surface area (TPSA) is 75.0 Å². The molecule has 5 nitrogen and oxygen atoms in total. The Morgan fingerprint density at radius 2 is 2.45 bits per heavy atom. The number of aromatic nitrogens is 2. The molecule has 106 valence electrons. The molecule has 0 bridgehead atoms. The van der Waals surface area contributed by atoms with Crippen molar-refractivity contribution in [1.29, 1.82) is 0 Å². The fourth-order valence-electron chi connectivity index (χ4n) is 3.03. The van der Waals surface area contributed by atoms with E-state index in [1.807, 2.05) is 17.0 Å². The van der Waals surface area contributed by atoms with Crippen LogP contribution in [0.2, 0.25) is 0 Å². The van der Waals surface area contributed by atoms with Crippen LogP contribution >= 0.6 is 0 Å². The number of nitrogens with zero attached hydrogens (tertiary/aromatic N) is 2. The molecule has 1 aliphatic heterocycles. The molecule has 1 saturated heterocycles. The molecule has 5 heteroatoms. The van der Waals surface area contributed by atoms with Crippen LogP contribution in [0.25, 0.3) is 11.0 Å². The van der Waals surface area contributed by atoms with Crippen LogP contribution < -0.4 is 5.73 Å². The minimum Gasteiger partial charge on any atom is -0.345 e. The SMILES string of the molecule is CC1CCN(C(=O)c2c[nH]c3ncccc23)C(CN)C1. The molecule has 20 heavy (non-hydrogen) atoms. The molecule has 1 fully saturated rings. The summed E-state index contributed by atoms with van der Waals surface area (Å²) in [5.41, 5.74) is 7.30. The molecule has 0 spiro atoms. The smallest absolute Gasteiger partial charge is 0.256 e. The number of rotatable bonds is 2. The van der Waals surface area contributed by atoms with Crippen LogP contribution in [0.15, 0.2) is 24.5 Å². The Bertz CT molecular complexity index is 621. The number of H-pyrrole nitrogens is 1. The highest BCUT2D eigenvalue weighted by Crippen LogP contribution is 2.25. The lowest BCUT2D eigenvalue weighted by Crippen LogP contribution is -2.49. The van der Waals surface area contributed by atoms with Gasteiger partial charge in [0.2, 0.25) is 0 Å². The highest BCUT2D eigenvalue weighted by molar-refractivity contribution is 6.06. The number of nitrogens with two attached hydrogens (primary N) is 1. The van der Waals surface area contributed by atoms with E-state index in [9.17, 15) is 4.79 Å². The standard InChI is InChI=1S/C15H20N4O/c1-10-4-6-19(11(7-10)8-16)15(20)13-9-18-14-12(13)3-2-5-17-14/h2-3,5,9-11H,4,6-8,16H2,1H3,(H,17,18). The van der Waals surface area contributed by atoms with Crippen molar-refractivity contribution in [1.82, 2.24) is 14.9 Å². The van der Waals surface area contributed by atoms with Crippen LogP contribution in [0.4, 0.5) is 0 Å². The first-order valence-electron chi connectivity index (χ1n) is 7.14. The monoisotopic (exact) mass is 272 g/mol. The van der Waals surface area contributed by atoms with Crippen LogP contribution in [0, 0.1) is 5.92 Å². The van der Waals surface area contributed by atoms with Gasteiger partial charge < -0.3 is 15.6 Å². The van der Waals surface area contributed by atoms with E-state index in [1.54, 1.807) is 12.4 Å². The van der Waals surface area contributed by atoms with Gasteiger partial charge in [-0.1, -0.05) is 6.92 Å². The second-order valence-electron chi connectivity index (χ2n) is 5.62. The molecule has 2 atom stereocenters. The number of fused-ring (bicyclic) bond motifs is 1. The highest BCUT2D eigenvalue weighted by atomic mass is 16.2. The normalized spacial score (nSPS) is 23.2. The second kappa shape index (κ2) is 5.25. The first-order valence-corrected chi connectivity index (χ1v) is 7.14. The number of nitrogens with one attached hydrogen (secondary N) is 1. The molecule has 1 amide bonds. The molecule has 0 aromatic carbocycles. The van der Waals surface area contributed by atoms with Crippen molar-refractivity contribution in [2.45, 2.75) is 25.8 Å². The van der Waals surface area contributed by atoms with Gasteiger partial charge in [-0.2, -0.15) is 0 Å². The molecule has 2 aromatic rings. The van der Waals surface area contributed by atoms with Crippen molar-refractivity contribution in [3.63, 3.8) is 0 Å². The van der Waals surface area contributed by atoms with E-state index in [0.717, 1.165) is 30.4 Å². The van der Waals surface area contributed by atoms with Crippen LogP contribution in [-0.2, 0) is 0 Å². The van der Waals surface area contributed by atoms with Gasteiger partial charge in [-0.15, -0.1) is 0 Å². The van der Waals surface area contributed by atoms with Gasteiger partial charge in [0.1, 0.15) is 5.65 Å². The molecular weight excluding hydrogens is 252 g/mol. The maximum absolute atomic E-state index is 12.8. The zero-order valence-electron chi connectivity index (χ0n) is 11.7. The summed E-state index contributed by atoms with van der Waals surface area (Å²) in [6.07, 6.45) is 5.51. The third kappa shape index (κ3) is 2.18. The highest BCUT2D eigenvalue weighted by Gasteiger charge is 2.30. The predicted molar refractivity (Wildman–Crippen MR) is 78.4 cm³/mol. The summed E-state index contributed by atoms with van der Waals surface area (Å²) >= 11 is 0. The van der Waals surface area contributed by atoms with Crippen LogP contribution in [0.5, 0.6) is 0 Å². The lowest BCUT2D eigenvalue weighted by atomic mass is 9.92. The largest absolute Gasteiger partial charge is 0.345 e. The number of likely N-dealkylation sites (tertiary alicyclic amines) is 1. The molecule has 1 aliphatic rings. The number of carbonyl (C=O) groups is 1. The predicted octanol–water partition coefficient (Wildman–Crippen LogP) is 1.76. The molecule has 2 unspecified atom stereocenters. The zero-order valence-corrected chi connectivity index (χ0v) is 11.7. The van der Waals surface area contributed by atoms with E-state index in [-0.39, 0.29) is 11.9 Å². The summed E-state index contributed by atoms with van der Waals surface area (Å²) in [6, 6.07) is 3.93. The maximum atomic E-state index is 12.8. The van der Waals surface area contributed by atoms with Crippen LogP contribution in [0.1, 0.15) is 30.1 Å². The Kier molecular flexibility index (Phi) is 3.44. The first-order chi connectivity index (χ1) is 9.70. The summed E-state index contributed by atoms with van der Waals surface area (Å²) in [4.78, 5) is 22.0. The van der Waals surface area contributed by atoms with Gasteiger partial charge >= 0.3 is 0 Å². The number of pyridine rings is 1. The fraction of sp³-hybridized carbons (Fsp3) is 0.467. The third-order valence-corrected chi connectivity index (χ3v) is 4.19. The Morgan fingerprint density at radius 1 is 1.60 bits per heavy atom. The summed E-state index contributed by atoms with van der Waals surface area (Å²) < 4.78 is 0. The molecule has 0 saturated carbocycles. The summed E-state index contributed by atoms with van der Waals surface area (Å²) in [5, 5.41) is 0.881. The zero-order chi connectivity index (χ0) is 14.1. The molecule has 0 aliphatic carbocycles. The van der Waals surface area contributed by atoms with Gasteiger partial charge in [0, 0.05) is 36.9 Å². The van der Waals surface area contributed by atoms with E-state index < -0.39 is 0 Å². The van der Waals surface area contributed by atoms with E-state index in [4.69, 9.17) is 5.73 Å². The molecule has 3 heterocycles. The van der Waals surface area contributed by atoms with Gasteiger partial charge in [0.05, 0.1) is 5.56 Å². The van der Waals surface area contributed by atoms with Crippen molar-refractivity contribution in [3.8, 4) is 0 Å². The quantitative estimate of drug-likeness (QED) is 0.874. The average Bonchev–Trinajstić information content (AvgIpc) is 2.90. The van der Waals surface area contributed by atoms with E-state index in [1.165, 1.54) is 0 Å². The Balaban J connectivity index is 1.91. The Labute approximate surface area is 118 Å². The van der Waals surface area contributed by atoms with Gasteiger partial charge in [0.25, 0.3) is 5.91 Å². The number of aromatic amines is 1. The third-order valence-electron chi connectivity index (χ3n) is 4.19. The Morgan fingerprint density at radius 3 is 3.25 bits per heavy atom. The van der Waals surface area contributed by atoms with E-state index >= 15 is 0 Å². The first kappa shape index (κ1) is 13.1. The minimum atomic E-state index is 0.0617. The second-order valence-corrected chi connectivity index (χ2v) is 5.62. The summed E-state index contributed by atoms with van der Waals surface area (Å²) in [5.74, 6) is 0.698. The molecule has 3 rings (SSSR count). The van der Waals surface area contributed by atoms with Crippen molar-refractivity contribution >= 4 is 16.9 Å². The van der Waals surface area contributed by atoms with Crippen molar-refractivity contribution < 1.29 is 4.79 Å². The number of hydrogen-bond donors (Lipinski definition) is 2. The Hall–Kier alpha value is -1.88. The molecule has 0 radical (unpaired) electrons. The van der Waals surface area contributed by atoms with Crippen molar-refractivity contribution in [2.75, 3.05) is 13.1 Å². The number of carbonyl (C=O) groups excluding carboxylic acids is 1. The fourth-order valence-corrected chi connectivity index (χ4v) is 3.03. The molecular formula is C15H20N4O. The number of amides is 1. The van der Waals surface area contributed by atoms with Gasteiger partial charge in [-0.3, -0.25) is 4.79 Å². The average molecular weight is 272 g/mol. The minimum absolute atomic E-state index is 0.0617. The lowest BCUT2D eigenvalue weighted by Gasteiger charge is -2.37. The van der Waals surface area contributed by atoms with Crippen LogP contribution in [-0.4, -0.2) is 39.9 Å². The summed E-state index contributed by atoms with van der Waals surface area (Å²) in [6.45, 7) is 3.53. The lowest BCUT2D eigenvalue weighted by molar-refractivity contribution is 0.0575. The van der Waals surface area contributed by atoms with Gasteiger partial charge in [-0.05, 0) is 30.9 Å². The van der Waals surface area contributed by atoms with Gasteiger partial charge in [-0.25, -0.2) is 4.98 Å². The van der Waals surface area contributed by atoms with Crippen molar-refractivity contribution in [2.24, 2.45) is 11.7 Å². The van der Waals surface area contributed by atoms with Crippen molar-refractivity contribution in [3.05, 3.63) is 30.1 Å². The molecule has 3 N–H and O–H groups in total.